The summed E-state index contributed by atoms with van der Waals surface area (Å²) in [5.74, 6) is -0.00988. The fourth-order valence-corrected chi connectivity index (χ4v) is 3.95. The third kappa shape index (κ3) is 5.59. The molecule has 7 heteroatoms. The molecule has 0 aliphatic carbocycles. The van der Waals surface area contributed by atoms with Gasteiger partial charge >= 0.3 is 12.0 Å². The normalized spacial score (nSPS) is 20.6. The lowest BCUT2D eigenvalue weighted by Gasteiger charge is -2.25. The van der Waals surface area contributed by atoms with Crippen molar-refractivity contribution in [3.8, 4) is 0 Å². The van der Waals surface area contributed by atoms with E-state index in [9.17, 15) is 9.59 Å². The summed E-state index contributed by atoms with van der Waals surface area (Å²) in [5.41, 5.74) is 1.88. The minimum absolute atomic E-state index is 0. The van der Waals surface area contributed by atoms with Gasteiger partial charge in [0.05, 0.1) is 6.04 Å². The minimum atomic E-state index is -0.790. The first kappa shape index (κ1) is 21.5. The van der Waals surface area contributed by atoms with Gasteiger partial charge in [0.15, 0.2) is 0 Å². The highest BCUT2D eigenvalue weighted by Crippen LogP contribution is 2.28. The molecule has 2 fully saturated rings. The third-order valence-corrected chi connectivity index (χ3v) is 5.72. The van der Waals surface area contributed by atoms with E-state index in [1.807, 2.05) is 41.1 Å². The van der Waals surface area contributed by atoms with Crippen LogP contribution < -0.4 is 10.2 Å². The zero-order valence-corrected chi connectivity index (χ0v) is 16.7. The van der Waals surface area contributed by atoms with Gasteiger partial charge < -0.3 is 15.3 Å². The second kappa shape index (κ2) is 9.95. The van der Waals surface area contributed by atoms with Gasteiger partial charge in [-0.25, -0.2) is 4.79 Å². The molecular weight excluding hydrogens is 366 g/mol. The number of amides is 2. The van der Waals surface area contributed by atoms with Gasteiger partial charge in [0.2, 0.25) is 0 Å². The van der Waals surface area contributed by atoms with Crippen molar-refractivity contribution in [2.45, 2.75) is 44.6 Å². The van der Waals surface area contributed by atoms with E-state index in [0.717, 1.165) is 43.2 Å². The standard InChI is InChI=1S/C20H29N3O3.ClH/c1-22-18(8-4-16-10-12-21-13-11-16)14-23(20(22)26)17-6-2-15(3-7-17)5-9-19(24)25;/h2-3,6-7,16,18,21H,4-5,8-14H2,1H3,(H,24,25);1H. The summed E-state index contributed by atoms with van der Waals surface area (Å²) in [6.45, 7) is 2.96. The van der Waals surface area contributed by atoms with Gasteiger partial charge in [0.25, 0.3) is 0 Å². The number of aliphatic carboxylic acids is 1. The van der Waals surface area contributed by atoms with Crippen LogP contribution >= 0.6 is 12.4 Å². The van der Waals surface area contributed by atoms with E-state index in [0.29, 0.717) is 6.42 Å². The number of urea groups is 1. The van der Waals surface area contributed by atoms with Gasteiger partial charge in [0, 0.05) is 25.7 Å². The van der Waals surface area contributed by atoms with Crippen LogP contribution in [0.3, 0.4) is 0 Å². The maximum Gasteiger partial charge on any atom is 0.324 e. The molecule has 2 aliphatic rings. The van der Waals surface area contributed by atoms with Crippen LogP contribution in [0.4, 0.5) is 10.5 Å². The van der Waals surface area contributed by atoms with Crippen LogP contribution in [0.5, 0.6) is 0 Å². The summed E-state index contributed by atoms with van der Waals surface area (Å²) >= 11 is 0. The fraction of sp³-hybridized carbons (Fsp3) is 0.600. The monoisotopic (exact) mass is 395 g/mol. The number of carbonyl (C=O) groups is 2. The van der Waals surface area contributed by atoms with E-state index in [1.54, 1.807) is 0 Å². The molecule has 2 aliphatic heterocycles. The summed E-state index contributed by atoms with van der Waals surface area (Å²) in [7, 11) is 1.90. The molecule has 2 amide bonds. The molecule has 6 nitrogen and oxygen atoms in total. The van der Waals surface area contributed by atoms with Crippen molar-refractivity contribution in [3.05, 3.63) is 29.8 Å². The van der Waals surface area contributed by atoms with Crippen LogP contribution in [0.15, 0.2) is 24.3 Å². The number of benzene rings is 1. The molecular formula is C20H30ClN3O3. The number of hydrogen-bond donors (Lipinski definition) is 2. The Morgan fingerprint density at radius 3 is 2.48 bits per heavy atom. The van der Waals surface area contributed by atoms with Crippen LogP contribution in [0.2, 0.25) is 0 Å². The number of aryl methyl sites for hydroxylation is 1. The van der Waals surface area contributed by atoms with Crippen molar-refractivity contribution in [2.24, 2.45) is 5.92 Å². The quantitative estimate of drug-likeness (QED) is 0.743. The summed E-state index contributed by atoms with van der Waals surface area (Å²) in [6, 6.07) is 8.03. The van der Waals surface area contributed by atoms with E-state index >= 15 is 0 Å². The molecule has 1 unspecified atom stereocenters. The summed E-state index contributed by atoms with van der Waals surface area (Å²) in [5, 5.41) is 12.2. The van der Waals surface area contributed by atoms with Gasteiger partial charge in [-0.1, -0.05) is 12.1 Å². The molecule has 0 aromatic heterocycles. The lowest BCUT2D eigenvalue weighted by Crippen LogP contribution is -2.32. The molecule has 0 bridgehead atoms. The van der Waals surface area contributed by atoms with Gasteiger partial charge in [-0.3, -0.25) is 9.69 Å². The Bertz CT molecular complexity index is 632. The number of nitrogens with zero attached hydrogens (tertiary/aromatic N) is 2. The molecule has 2 saturated heterocycles. The number of rotatable bonds is 7. The van der Waals surface area contributed by atoms with Gasteiger partial charge in [-0.05, 0) is 68.8 Å². The summed E-state index contributed by atoms with van der Waals surface area (Å²) in [4.78, 5) is 27.0. The van der Waals surface area contributed by atoms with Crippen molar-refractivity contribution < 1.29 is 14.7 Å². The fourth-order valence-electron chi connectivity index (χ4n) is 3.95. The average molecular weight is 396 g/mol. The lowest BCUT2D eigenvalue weighted by molar-refractivity contribution is -0.136. The summed E-state index contributed by atoms with van der Waals surface area (Å²) in [6.07, 6.45) is 5.37. The molecule has 0 radical (unpaired) electrons. The number of anilines is 1. The Balaban J connectivity index is 0.00000261. The first-order valence-corrected chi connectivity index (χ1v) is 9.60. The van der Waals surface area contributed by atoms with Crippen molar-refractivity contribution in [2.75, 3.05) is 31.6 Å². The van der Waals surface area contributed by atoms with Crippen molar-refractivity contribution in [1.29, 1.82) is 0 Å². The zero-order chi connectivity index (χ0) is 18.5. The van der Waals surface area contributed by atoms with Crippen LogP contribution in [-0.4, -0.2) is 54.7 Å². The number of carboxylic acids is 1. The van der Waals surface area contributed by atoms with Gasteiger partial charge in [-0.15, -0.1) is 12.4 Å². The highest BCUT2D eigenvalue weighted by atomic mass is 35.5. The number of hydrogen-bond acceptors (Lipinski definition) is 3. The molecule has 27 heavy (non-hydrogen) atoms. The predicted molar refractivity (Wildman–Crippen MR) is 109 cm³/mol. The summed E-state index contributed by atoms with van der Waals surface area (Å²) < 4.78 is 0. The molecule has 1 aromatic carbocycles. The molecule has 1 atom stereocenters. The molecule has 3 rings (SSSR count). The van der Waals surface area contributed by atoms with E-state index in [1.165, 1.54) is 19.3 Å². The molecule has 2 heterocycles. The molecule has 150 valence electrons. The van der Waals surface area contributed by atoms with E-state index < -0.39 is 5.97 Å². The van der Waals surface area contributed by atoms with E-state index in [4.69, 9.17) is 5.11 Å². The number of piperidine rings is 1. The van der Waals surface area contributed by atoms with Crippen molar-refractivity contribution in [3.63, 3.8) is 0 Å². The maximum atomic E-state index is 12.6. The second-order valence-corrected chi connectivity index (χ2v) is 7.49. The first-order valence-electron chi connectivity index (χ1n) is 9.60. The largest absolute Gasteiger partial charge is 0.481 e. The number of likely N-dealkylation sites (N-methyl/N-ethyl adjacent to an activating group) is 1. The van der Waals surface area contributed by atoms with Crippen LogP contribution in [0, 0.1) is 5.92 Å². The Morgan fingerprint density at radius 2 is 1.85 bits per heavy atom. The SMILES string of the molecule is CN1C(=O)N(c2ccc(CCC(=O)O)cc2)CC1CCC1CCNCC1.Cl. The van der Waals surface area contributed by atoms with E-state index in [-0.39, 0.29) is 30.9 Å². The number of carboxylic acid groups (broad SMARTS) is 1. The van der Waals surface area contributed by atoms with Gasteiger partial charge in [0.1, 0.15) is 0 Å². The topological polar surface area (TPSA) is 72.9 Å². The second-order valence-electron chi connectivity index (χ2n) is 7.49. The predicted octanol–water partition coefficient (Wildman–Crippen LogP) is 3.15. The van der Waals surface area contributed by atoms with Gasteiger partial charge in [-0.2, -0.15) is 0 Å². The highest BCUT2D eigenvalue weighted by Gasteiger charge is 2.35. The Hall–Kier alpha value is -1.79. The van der Waals surface area contributed by atoms with Crippen LogP contribution in [0.25, 0.3) is 0 Å². The van der Waals surface area contributed by atoms with E-state index in [2.05, 4.69) is 5.32 Å². The Morgan fingerprint density at radius 1 is 1.19 bits per heavy atom. The maximum absolute atomic E-state index is 12.6. The molecule has 0 spiro atoms. The van der Waals surface area contributed by atoms with Crippen molar-refractivity contribution >= 4 is 30.1 Å². The lowest BCUT2D eigenvalue weighted by atomic mass is 9.91. The number of carbonyl (C=O) groups excluding carboxylic acids is 1. The molecule has 1 aromatic rings. The smallest absolute Gasteiger partial charge is 0.324 e. The van der Waals surface area contributed by atoms with Crippen molar-refractivity contribution in [1.82, 2.24) is 10.2 Å². The average Bonchev–Trinajstić information content (AvgIpc) is 2.94. The molecule has 2 N–H and O–H groups in total. The highest BCUT2D eigenvalue weighted by molar-refractivity contribution is 5.94. The first-order chi connectivity index (χ1) is 12.5. The molecule has 0 saturated carbocycles. The Kier molecular flexibility index (Phi) is 7.92. The number of halogens is 1. The Labute approximate surface area is 167 Å². The third-order valence-electron chi connectivity index (χ3n) is 5.72. The number of nitrogens with one attached hydrogen (secondary N) is 1. The van der Waals surface area contributed by atoms with Crippen LogP contribution in [-0.2, 0) is 11.2 Å². The minimum Gasteiger partial charge on any atom is -0.481 e. The zero-order valence-electron chi connectivity index (χ0n) is 15.9. The van der Waals surface area contributed by atoms with Crippen LogP contribution in [0.1, 0.15) is 37.7 Å².